The summed E-state index contributed by atoms with van der Waals surface area (Å²) in [5.74, 6) is 0.146. The van der Waals surface area contributed by atoms with Crippen molar-refractivity contribution in [2.45, 2.75) is 45.6 Å². The van der Waals surface area contributed by atoms with E-state index in [0.717, 1.165) is 18.4 Å². The molecule has 0 radical (unpaired) electrons. The molecule has 1 aromatic heterocycles. The second kappa shape index (κ2) is 7.85. The number of carbonyl (C=O) groups excluding carboxylic acids is 1. The van der Waals surface area contributed by atoms with Crippen molar-refractivity contribution < 1.29 is 4.79 Å². The van der Waals surface area contributed by atoms with Gasteiger partial charge in [0, 0.05) is 25.4 Å². The van der Waals surface area contributed by atoms with E-state index in [1.165, 1.54) is 12.8 Å². The predicted octanol–water partition coefficient (Wildman–Crippen LogP) is 2.67. The molecule has 0 saturated heterocycles. The third-order valence-corrected chi connectivity index (χ3v) is 2.50. The van der Waals surface area contributed by atoms with Crippen molar-refractivity contribution in [2.75, 3.05) is 0 Å². The van der Waals surface area contributed by atoms with E-state index < -0.39 is 0 Å². The Morgan fingerprint density at radius 1 is 1.25 bits per heavy atom. The second-order valence-corrected chi connectivity index (χ2v) is 3.94. The lowest BCUT2D eigenvalue weighted by Crippen LogP contribution is -2.22. The Balaban J connectivity index is 2.11. The predicted molar refractivity (Wildman–Crippen MR) is 64.8 cm³/mol. The van der Waals surface area contributed by atoms with Gasteiger partial charge in [0.2, 0.25) is 5.91 Å². The third-order valence-electron chi connectivity index (χ3n) is 2.50. The summed E-state index contributed by atoms with van der Waals surface area (Å²) in [4.78, 5) is 15.4. The monoisotopic (exact) mass is 220 g/mol. The number of rotatable bonds is 7. The molecule has 0 spiro atoms. The first-order valence-corrected chi connectivity index (χ1v) is 5.98. The number of hydrogen-bond donors (Lipinski definition) is 1. The van der Waals surface area contributed by atoms with Crippen molar-refractivity contribution >= 4 is 5.91 Å². The maximum absolute atomic E-state index is 11.5. The van der Waals surface area contributed by atoms with Crippen LogP contribution in [0.25, 0.3) is 0 Å². The second-order valence-electron chi connectivity index (χ2n) is 3.94. The molecule has 88 valence electrons. The summed E-state index contributed by atoms with van der Waals surface area (Å²) in [6.45, 7) is 2.78. The van der Waals surface area contributed by atoms with Gasteiger partial charge >= 0.3 is 0 Å². The van der Waals surface area contributed by atoms with E-state index in [1.807, 2.05) is 12.1 Å². The molecule has 1 heterocycles. The number of nitrogens with zero attached hydrogens (tertiary/aromatic N) is 1. The minimum absolute atomic E-state index is 0.146. The van der Waals surface area contributed by atoms with E-state index in [4.69, 9.17) is 0 Å². The highest BCUT2D eigenvalue weighted by Crippen LogP contribution is 2.02. The average molecular weight is 220 g/mol. The Bertz CT molecular complexity index is 298. The van der Waals surface area contributed by atoms with E-state index in [2.05, 4.69) is 17.2 Å². The Morgan fingerprint density at radius 2 is 2.00 bits per heavy atom. The molecule has 0 aliphatic carbocycles. The molecule has 0 aliphatic rings. The normalized spacial score (nSPS) is 10.1. The topological polar surface area (TPSA) is 42.0 Å². The van der Waals surface area contributed by atoms with Gasteiger partial charge in [0.15, 0.2) is 0 Å². The summed E-state index contributed by atoms with van der Waals surface area (Å²) in [6, 6.07) is 3.83. The van der Waals surface area contributed by atoms with Crippen LogP contribution in [0.4, 0.5) is 0 Å². The van der Waals surface area contributed by atoms with Crippen LogP contribution in [0.15, 0.2) is 24.5 Å². The molecule has 0 aromatic carbocycles. The van der Waals surface area contributed by atoms with Crippen LogP contribution >= 0.6 is 0 Å². The van der Waals surface area contributed by atoms with Gasteiger partial charge in [0.25, 0.3) is 0 Å². The van der Waals surface area contributed by atoms with Crippen LogP contribution in [0.3, 0.4) is 0 Å². The molecule has 0 saturated carbocycles. The van der Waals surface area contributed by atoms with Crippen LogP contribution in [0.1, 0.15) is 44.6 Å². The zero-order valence-corrected chi connectivity index (χ0v) is 9.91. The lowest BCUT2D eigenvalue weighted by molar-refractivity contribution is -0.121. The summed E-state index contributed by atoms with van der Waals surface area (Å²) in [7, 11) is 0. The van der Waals surface area contributed by atoms with Crippen molar-refractivity contribution in [3.8, 4) is 0 Å². The first kappa shape index (κ1) is 12.7. The van der Waals surface area contributed by atoms with E-state index in [9.17, 15) is 4.79 Å². The molecule has 1 amide bonds. The van der Waals surface area contributed by atoms with E-state index in [0.29, 0.717) is 13.0 Å². The van der Waals surface area contributed by atoms with Gasteiger partial charge in [-0.05, 0) is 24.1 Å². The molecule has 1 rings (SSSR count). The van der Waals surface area contributed by atoms with Crippen molar-refractivity contribution in [1.29, 1.82) is 0 Å². The minimum Gasteiger partial charge on any atom is -0.352 e. The number of pyridine rings is 1. The van der Waals surface area contributed by atoms with Crippen LogP contribution in [-0.2, 0) is 11.3 Å². The molecule has 0 aliphatic heterocycles. The number of hydrogen-bond acceptors (Lipinski definition) is 2. The summed E-state index contributed by atoms with van der Waals surface area (Å²) in [5.41, 5.74) is 1.09. The molecule has 0 unspecified atom stereocenters. The van der Waals surface area contributed by atoms with Gasteiger partial charge < -0.3 is 5.32 Å². The van der Waals surface area contributed by atoms with E-state index in [1.54, 1.807) is 12.4 Å². The Morgan fingerprint density at radius 3 is 2.69 bits per heavy atom. The average Bonchev–Trinajstić information content (AvgIpc) is 2.33. The smallest absolute Gasteiger partial charge is 0.220 e. The SMILES string of the molecule is CCCCCCC(=O)NCc1ccncc1. The number of carbonyl (C=O) groups is 1. The summed E-state index contributed by atoms with van der Waals surface area (Å²) in [5, 5.41) is 2.91. The van der Waals surface area contributed by atoms with Gasteiger partial charge in [-0.25, -0.2) is 0 Å². The highest BCUT2D eigenvalue weighted by Gasteiger charge is 2.00. The zero-order chi connectivity index (χ0) is 11.6. The summed E-state index contributed by atoms with van der Waals surface area (Å²) >= 11 is 0. The number of amides is 1. The quantitative estimate of drug-likeness (QED) is 0.718. The zero-order valence-electron chi connectivity index (χ0n) is 9.91. The molecule has 1 aromatic rings. The highest BCUT2D eigenvalue weighted by atomic mass is 16.1. The van der Waals surface area contributed by atoms with Crippen LogP contribution in [0.2, 0.25) is 0 Å². The summed E-state index contributed by atoms with van der Waals surface area (Å²) in [6.07, 6.45) is 8.70. The van der Waals surface area contributed by atoms with Gasteiger partial charge in [0.1, 0.15) is 0 Å². The molecule has 0 atom stereocenters. The Labute approximate surface area is 97.3 Å². The van der Waals surface area contributed by atoms with Crippen molar-refractivity contribution in [1.82, 2.24) is 10.3 Å². The molecule has 0 bridgehead atoms. The summed E-state index contributed by atoms with van der Waals surface area (Å²) < 4.78 is 0. The number of aromatic nitrogens is 1. The standard InChI is InChI=1S/C13H20N2O/c1-2-3-4-5-6-13(16)15-11-12-7-9-14-10-8-12/h7-10H,2-6,11H2,1H3,(H,15,16). The van der Waals surface area contributed by atoms with Gasteiger partial charge in [-0.15, -0.1) is 0 Å². The van der Waals surface area contributed by atoms with E-state index in [-0.39, 0.29) is 5.91 Å². The number of unbranched alkanes of at least 4 members (excludes halogenated alkanes) is 3. The fraction of sp³-hybridized carbons (Fsp3) is 0.538. The third kappa shape index (κ3) is 5.49. The first-order chi connectivity index (χ1) is 7.83. The Kier molecular flexibility index (Phi) is 6.23. The van der Waals surface area contributed by atoms with Gasteiger partial charge in [-0.1, -0.05) is 26.2 Å². The van der Waals surface area contributed by atoms with Crippen molar-refractivity contribution in [2.24, 2.45) is 0 Å². The highest BCUT2D eigenvalue weighted by molar-refractivity contribution is 5.75. The van der Waals surface area contributed by atoms with Gasteiger partial charge in [-0.2, -0.15) is 0 Å². The molecule has 3 nitrogen and oxygen atoms in total. The largest absolute Gasteiger partial charge is 0.352 e. The molecular formula is C13H20N2O. The lowest BCUT2D eigenvalue weighted by atomic mass is 10.1. The fourth-order valence-electron chi connectivity index (χ4n) is 1.50. The van der Waals surface area contributed by atoms with Crippen LogP contribution in [0.5, 0.6) is 0 Å². The minimum atomic E-state index is 0.146. The van der Waals surface area contributed by atoms with Gasteiger partial charge in [-0.3, -0.25) is 9.78 Å². The van der Waals surface area contributed by atoms with Crippen molar-refractivity contribution in [3.63, 3.8) is 0 Å². The first-order valence-electron chi connectivity index (χ1n) is 5.98. The van der Waals surface area contributed by atoms with Gasteiger partial charge in [0.05, 0.1) is 0 Å². The lowest BCUT2D eigenvalue weighted by Gasteiger charge is -2.04. The van der Waals surface area contributed by atoms with Crippen LogP contribution in [-0.4, -0.2) is 10.9 Å². The number of nitrogens with one attached hydrogen (secondary N) is 1. The van der Waals surface area contributed by atoms with Crippen molar-refractivity contribution in [3.05, 3.63) is 30.1 Å². The van der Waals surface area contributed by atoms with E-state index >= 15 is 0 Å². The fourth-order valence-corrected chi connectivity index (χ4v) is 1.50. The Hall–Kier alpha value is -1.38. The molecule has 0 fully saturated rings. The maximum Gasteiger partial charge on any atom is 0.220 e. The maximum atomic E-state index is 11.5. The molecule has 16 heavy (non-hydrogen) atoms. The van der Waals surface area contributed by atoms with Crippen LogP contribution in [0, 0.1) is 0 Å². The molecule has 3 heteroatoms. The molecular weight excluding hydrogens is 200 g/mol. The molecule has 1 N–H and O–H groups in total. The van der Waals surface area contributed by atoms with Crippen LogP contribution < -0.4 is 5.32 Å².